The van der Waals surface area contributed by atoms with Crippen LogP contribution in [0.25, 0.3) is 5.69 Å². The number of aliphatic hydroxyl groups is 1. The Bertz CT molecular complexity index is 1820. The number of carbonyl (C=O) groups is 1. The first kappa shape index (κ1) is 28.8. The van der Waals surface area contributed by atoms with E-state index in [1.54, 1.807) is 67.2 Å². The number of anilines is 2. The number of carbonyl (C=O) groups excluding carboxylic acids is 1. The van der Waals surface area contributed by atoms with Gasteiger partial charge in [-0.2, -0.15) is 5.11 Å². The summed E-state index contributed by atoms with van der Waals surface area (Å²) >= 11 is 0. The van der Waals surface area contributed by atoms with Crippen molar-refractivity contribution >= 4 is 33.0 Å². The van der Waals surface area contributed by atoms with Crippen LogP contribution in [0, 0.1) is 6.92 Å². The summed E-state index contributed by atoms with van der Waals surface area (Å²) in [6.07, 6.45) is 0. The van der Waals surface area contributed by atoms with E-state index in [0.717, 1.165) is 0 Å². The van der Waals surface area contributed by atoms with Gasteiger partial charge in [-0.3, -0.25) is 19.0 Å². The van der Waals surface area contributed by atoms with Crippen LogP contribution in [-0.2, 0) is 21.9 Å². The van der Waals surface area contributed by atoms with E-state index in [-0.39, 0.29) is 22.0 Å². The standard InChI is InChI=1S/C28H28N6O6S/c1-18-25(28(37)34(33(18)3)21-12-6-5-7-13-21)32-41(38,39)22-14-10-11-20(17-22)30-31-26(19(2)35)27(36)29-23-15-8-9-16-24(23)40-4/h5-17,32,35H,1-4H3,(H,29,36). The molecule has 4 rings (SSSR count). The molecule has 0 unspecified atom stereocenters. The van der Waals surface area contributed by atoms with Crippen LogP contribution in [0.15, 0.2) is 110 Å². The van der Waals surface area contributed by atoms with Crippen LogP contribution in [0.3, 0.4) is 0 Å². The van der Waals surface area contributed by atoms with Gasteiger partial charge >= 0.3 is 0 Å². The molecule has 0 radical (unpaired) electrons. The number of methoxy groups -OCH3 is 1. The largest absolute Gasteiger partial charge is 0.510 e. The van der Waals surface area contributed by atoms with Gasteiger partial charge in [0.25, 0.3) is 21.5 Å². The van der Waals surface area contributed by atoms with Gasteiger partial charge in [-0.25, -0.2) is 13.1 Å². The lowest BCUT2D eigenvalue weighted by atomic mass is 10.2. The van der Waals surface area contributed by atoms with Crippen LogP contribution in [0.4, 0.5) is 17.1 Å². The molecule has 12 nitrogen and oxygen atoms in total. The number of amides is 1. The zero-order valence-electron chi connectivity index (χ0n) is 22.7. The molecule has 212 valence electrons. The van der Waals surface area contributed by atoms with Gasteiger partial charge in [0.1, 0.15) is 17.2 Å². The smallest absolute Gasteiger partial charge is 0.296 e. The quantitative estimate of drug-likeness (QED) is 0.148. The van der Waals surface area contributed by atoms with Crippen LogP contribution in [0.1, 0.15) is 12.6 Å². The highest BCUT2D eigenvalue weighted by atomic mass is 32.2. The summed E-state index contributed by atoms with van der Waals surface area (Å²) in [5.74, 6) is -0.749. The van der Waals surface area contributed by atoms with Gasteiger partial charge in [-0.1, -0.05) is 36.4 Å². The van der Waals surface area contributed by atoms with Gasteiger partial charge in [0.15, 0.2) is 5.70 Å². The average molecular weight is 577 g/mol. The van der Waals surface area contributed by atoms with Crippen molar-refractivity contribution in [1.82, 2.24) is 9.36 Å². The minimum absolute atomic E-state index is 0.0863. The first-order chi connectivity index (χ1) is 19.5. The van der Waals surface area contributed by atoms with E-state index in [0.29, 0.717) is 22.8 Å². The summed E-state index contributed by atoms with van der Waals surface area (Å²) in [6, 6.07) is 21.0. The number of aromatic nitrogens is 2. The van der Waals surface area contributed by atoms with Crippen LogP contribution in [-0.4, -0.2) is 35.9 Å². The first-order valence-electron chi connectivity index (χ1n) is 12.3. The van der Waals surface area contributed by atoms with E-state index in [9.17, 15) is 23.1 Å². The molecule has 0 spiro atoms. The summed E-state index contributed by atoms with van der Waals surface area (Å²) < 4.78 is 37.1. The minimum Gasteiger partial charge on any atom is -0.510 e. The van der Waals surface area contributed by atoms with Crippen molar-refractivity contribution in [1.29, 1.82) is 0 Å². The molecule has 4 aromatic rings. The molecule has 0 aliphatic heterocycles. The molecular formula is C28H28N6O6S. The van der Waals surface area contributed by atoms with Crippen LogP contribution < -0.4 is 20.3 Å². The van der Waals surface area contributed by atoms with Crippen molar-refractivity contribution in [2.75, 3.05) is 17.1 Å². The van der Waals surface area contributed by atoms with E-state index < -0.39 is 27.2 Å². The highest BCUT2D eigenvalue weighted by Crippen LogP contribution is 2.26. The molecule has 41 heavy (non-hydrogen) atoms. The molecule has 0 aliphatic carbocycles. The van der Waals surface area contributed by atoms with Crippen molar-refractivity contribution < 1.29 is 23.1 Å². The molecule has 3 aromatic carbocycles. The van der Waals surface area contributed by atoms with E-state index in [4.69, 9.17) is 4.74 Å². The summed E-state index contributed by atoms with van der Waals surface area (Å²) in [6.45, 7) is 2.90. The van der Waals surface area contributed by atoms with E-state index in [2.05, 4.69) is 20.3 Å². The van der Waals surface area contributed by atoms with Gasteiger partial charge in [0.2, 0.25) is 0 Å². The fourth-order valence-electron chi connectivity index (χ4n) is 3.91. The second kappa shape index (κ2) is 11.9. The molecular weight excluding hydrogens is 548 g/mol. The van der Waals surface area contributed by atoms with Crippen LogP contribution in [0.5, 0.6) is 5.75 Å². The van der Waals surface area contributed by atoms with Crippen molar-refractivity contribution in [2.45, 2.75) is 18.7 Å². The zero-order chi connectivity index (χ0) is 29.7. The third-order valence-electron chi connectivity index (χ3n) is 6.10. The first-order valence-corrected chi connectivity index (χ1v) is 13.7. The van der Waals surface area contributed by atoms with Gasteiger partial charge in [0.05, 0.1) is 34.8 Å². The number of nitrogens with one attached hydrogen (secondary N) is 2. The van der Waals surface area contributed by atoms with E-state index in [1.165, 1.54) is 43.0 Å². The number of rotatable bonds is 9. The topological polar surface area (TPSA) is 156 Å². The Morgan fingerprint density at radius 1 is 1.00 bits per heavy atom. The number of ether oxygens (including phenoxy) is 1. The lowest BCUT2D eigenvalue weighted by Crippen LogP contribution is -2.23. The van der Waals surface area contributed by atoms with Crippen molar-refractivity contribution in [3.8, 4) is 11.4 Å². The lowest BCUT2D eigenvalue weighted by Gasteiger charge is -2.10. The lowest BCUT2D eigenvalue weighted by molar-refractivity contribution is -0.113. The Labute approximate surface area is 236 Å². The monoisotopic (exact) mass is 576 g/mol. The summed E-state index contributed by atoms with van der Waals surface area (Å²) in [7, 11) is -1.11. The Morgan fingerprint density at radius 2 is 1.68 bits per heavy atom. The third kappa shape index (κ3) is 6.20. The molecule has 0 saturated heterocycles. The Hall–Kier alpha value is -5.17. The highest BCUT2D eigenvalue weighted by molar-refractivity contribution is 7.92. The van der Waals surface area contributed by atoms with Gasteiger partial charge in [-0.05, 0) is 56.3 Å². The number of hydrogen-bond acceptors (Lipinski definition) is 8. The Morgan fingerprint density at radius 3 is 2.37 bits per heavy atom. The summed E-state index contributed by atoms with van der Waals surface area (Å²) in [5.41, 5.74) is 0.408. The molecule has 1 aromatic heterocycles. The van der Waals surface area contributed by atoms with Gasteiger partial charge in [0, 0.05) is 7.05 Å². The summed E-state index contributed by atoms with van der Waals surface area (Å²) in [5, 5.41) is 20.5. The number of sulfonamides is 1. The number of hydrogen-bond donors (Lipinski definition) is 3. The summed E-state index contributed by atoms with van der Waals surface area (Å²) in [4.78, 5) is 25.8. The van der Waals surface area contributed by atoms with Gasteiger partial charge < -0.3 is 15.2 Å². The van der Waals surface area contributed by atoms with E-state index >= 15 is 0 Å². The third-order valence-corrected chi connectivity index (χ3v) is 7.44. The fourth-order valence-corrected chi connectivity index (χ4v) is 5.07. The number of azo groups is 1. The maximum Gasteiger partial charge on any atom is 0.296 e. The normalized spacial score (nSPS) is 12.2. The van der Waals surface area contributed by atoms with Crippen LogP contribution in [0.2, 0.25) is 0 Å². The number of aliphatic hydroxyl groups excluding tert-OH is 1. The molecule has 0 fully saturated rings. The minimum atomic E-state index is -4.22. The second-order valence-electron chi connectivity index (χ2n) is 8.83. The number of nitrogens with zero attached hydrogens (tertiary/aromatic N) is 4. The Balaban J connectivity index is 1.59. The molecule has 1 amide bonds. The number of allylic oxidation sites excluding steroid dienone is 1. The van der Waals surface area contributed by atoms with E-state index in [1.807, 2.05) is 6.07 Å². The maximum atomic E-state index is 13.3. The van der Waals surface area contributed by atoms with Crippen molar-refractivity contribution in [2.24, 2.45) is 17.3 Å². The number of benzene rings is 3. The highest BCUT2D eigenvalue weighted by Gasteiger charge is 2.23. The van der Waals surface area contributed by atoms with Gasteiger partial charge in [-0.15, -0.1) is 5.11 Å². The maximum absolute atomic E-state index is 13.3. The predicted octanol–water partition coefficient (Wildman–Crippen LogP) is 4.81. The fraction of sp³-hybridized carbons (Fsp3) is 0.143. The van der Waals surface area contributed by atoms with Crippen molar-refractivity contribution in [3.05, 3.63) is 106 Å². The van der Waals surface area contributed by atoms with Crippen molar-refractivity contribution in [3.63, 3.8) is 0 Å². The molecule has 1 heterocycles. The molecule has 0 atom stereocenters. The second-order valence-corrected chi connectivity index (χ2v) is 10.5. The molecule has 0 bridgehead atoms. The molecule has 3 N–H and O–H groups in total. The zero-order valence-corrected chi connectivity index (χ0v) is 23.5. The SMILES string of the molecule is COc1ccccc1NC(=O)C(N=Nc1cccc(S(=O)(=O)Nc2c(C)n(C)n(-c3ccccc3)c2=O)c1)=C(C)O. The molecule has 0 saturated carbocycles. The number of para-hydroxylation sites is 3. The Kier molecular flexibility index (Phi) is 8.38. The predicted molar refractivity (Wildman–Crippen MR) is 154 cm³/mol. The van der Waals surface area contributed by atoms with Crippen LogP contribution >= 0.6 is 0 Å². The molecule has 13 heteroatoms. The average Bonchev–Trinajstić information content (AvgIpc) is 3.16. The molecule has 0 aliphatic rings.